The van der Waals surface area contributed by atoms with Crippen LogP contribution in [0, 0.1) is 18.3 Å². The molecular weight excluding hydrogens is 352 g/mol. The third-order valence-corrected chi connectivity index (χ3v) is 4.69. The van der Waals surface area contributed by atoms with Crippen LogP contribution in [0.5, 0.6) is 0 Å². The molecule has 0 fully saturated rings. The minimum atomic E-state index is -0.273. The molecular formula is C16H12N8OS. The van der Waals surface area contributed by atoms with Gasteiger partial charge < -0.3 is 0 Å². The van der Waals surface area contributed by atoms with Crippen LogP contribution in [0.4, 0.5) is 0 Å². The van der Waals surface area contributed by atoms with Crippen LogP contribution in [-0.4, -0.2) is 34.8 Å². The second-order valence-electron chi connectivity index (χ2n) is 5.54. The fraction of sp³-hybridized carbons (Fsp3) is 0.125. The monoisotopic (exact) mass is 364 g/mol. The topological polar surface area (TPSA) is 118 Å². The smallest absolute Gasteiger partial charge is 0.272 e. The van der Waals surface area contributed by atoms with Crippen molar-refractivity contribution in [1.82, 2.24) is 34.8 Å². The molecule has 0 saturated heterocycles. The number of aromatic nitrogens is 7. The molecule has 0 aliphatic rings. The van der Waals surface area contributed by atoms with Crippen molar-refractivity contribution in [2.75, 3.05) is 0 Å². The number of thioether (sulfide) groups is 1. The summed E-state index contributed by atoms with van der Waals surface area (Å²) in [7, 11) is 0. The number of nitrogens with one attached hydrogen (secondary N) is 1. The van der Waals surface area contributed by atoms with Gasteiger partial charge >= 0.3 is 0 Å². The van der Waals surface area contributed by atoms with Crippen molar-refractivity contribution in [1.29, 1.82) is 5.26 Å². The zero-order valence-corrected chi connectivity index (χ0v) is 14.4. The van der Waals surface area contributed by atoms with E-state index in [0.29, 0.717) is 27.8 Å². The predicted octanol–water partition coefficient (Wildman–Crippen LogP) is 1.47. The van der Waals surface area contributed by atoms with Gasteiger partial charge in [-0.3, -0.25) is 9.89 Å². The van der Waals surface area contributed by atoms with Gasteiger partial charge in [0.1, 0.15) is 11.6 Å². The lowest BCUT2D eigenvalue weighted by molar-refractivity contribution is 0.756. The molecule has 3 heterocycles. The van der Waals surface area contributed by atoms with Crippen molar-refractivity contribution in [3.05, 3.63) is 63.7 Å². The Bertz CT molecular complexity index is 1180. The summed E-state index contributed by atoms with van der Waals surface area (Å²) in [6, 6.07) is 11.3. The number of rotatable bonds is 4. The molecule has 26 heavy (non-hydrogen) atoms. The van der Waals surface area contributed by atoms with E-state index in [1.807, 2.05) is 37.3 Å². The van der Waals surface area contributed by atoms with Gasteiger partial charge in [-0.15, -0.1) is 5.10 Å². The summed E-state index contributed by atoms with van der Waals surface area (Å²) < 4.78 is 2.87. The number of fused-ring (bicyclic) bond motifs is 1. The number of tetrazole rings is 1. The number of H-pyrrole nitrogens is 1. The molecule has 10 heteroatoms. The quantitative estimate of drug-likeness (QED) is 0.545. The Morgan fingerprint density at radius 2 is 2.12 bits per heavy atom. The Kier molecular flexibility index (Phi) is 3.98. The lowest BCUT2D eigenvalue weighted by atomic mass is 10.2. The van der Waals surface area contributed by atoms with E-state index in [9.17, 15) is 4.79 Å². The largest absolute Gasteiger partial charge is 0.295 e. The molecule has 0 saturated carbocycles. The lowest BCUT2D eigenvalue weighted by Crippen LogP contribution is -2.15. The highest BCUT2D eigenvalue weighted by Gasteiger charge is 2.12. The van der Waals surface area contributed by atoms with E-state index in [2.05, 4.69) is 25.6 Å². The van der Waals surface area contributed by atoms with E-state index in [1.54, 1.807) is 4.68 Å². The summed E-state index contributed by atoms with van der Waals surface area (Å²) >= 11 is 1.36. The maximum absolute atomic E-state index is 12.1. The summed E-state index contributed by atoms with van der Waals surface area (Å²) in [6.07, 6.45) is 1.46. The van der Waals surface area contributed by atoms with Crippen LogP contribution in [-0.2, 0) is 5.75 Å². The van der Waals surface area contributed by atoms with Gasteiger partial charge in [0.15, 0.2) is 5.65 Å². The summed E-state index contributed by atoms with van der Waals surface area (Å²) in [4.78, 5) is 16.5. The number of aryl methyl sites for hydroxylation is 1. The molecule has 0 aliphatic carbocycles. The predicted molar refractivity (Wildman–Crippen MR) is 94.0 cm³/mol. The van der Waals surface area contributed by atoms with E-state index < -0.39 is 0 Å². The summed E-state index contributed by atoms with van der Waals surface area (Å²) in [5.41, 5.74) is 2.91. The molecule has 0 spiro atoms. The first-order valence-corrected chi connectivity index (χ1v) is 8.62. The van der Waals surface area contributed by atoms with Crippen LogP contribution < -0.4 is 5.56 Å². The normalized spacial score (nSPS) is 10.9. The molecule has 3 aromatic heterocycles. The summed E-state index contributed by atoms with van der Waals surface area (Å²) in [6.45, 7) is 2.01. The van der Waals surface area contributed by atoms with Crippen molar-refractivity contribution >= 4 is 17.4 Å². The van der Waals surface area contributed by atoms with Crippen LogP contribution >= 0.6 is 11.8 Å². The molecule has 9 nitrogen and oxygen atoms in total. The van der Waals surface area contributed by atoms with Crippen molar-refractivity contribution in [2.45, 2.75) is 17.8 Å². The molecule has 0 amide bonds. The van der Waals surface area contributed by atoms with Gasteiger partial charge in [0, 0.05) is 18.0 Å². The molecule has 4 aromatic rings. The highest BCUT2D eigenvalue weighted by Crippen LogP contribution is 2.22. The minimum absolute atomic E-state index is 0.273. The van der Waals surface area contributed by atoms with Crippen LogP contribution in [0.2, 0.25) is 0 Å². The van der Waals surface area contributed by atoms with E-state index in [-0.39, 0.29) is 5.56 Å². The number of hydrogen-bond donors (Lipinski definition) is 1. The Morgan fingerprint density at radius 3 is 2.88 bits per heavy atom. The molecule has 4 rings (SSSR count). The first kappa shape index (κ1) is 16.0. The molecule has 1 N–H and O–H groups in total. The zero-order chi connectivity index (χ0) is 18.1. The van der Waals surface area contributed by atoms with E-state index in [4.69, 9.17) is 5.26 Å². The second-order valence-corrected chi connectivity index (χ2v) is 6.48. The first-order chi connectivity index (χ1) is 12.7. The molecule has 1 aromatic carbocycles. The summed E-state index contributed by atoms with van der Waals surface area (Å²) in [5.74, 6) is 0.397. The first-order valence-electron chi connectivity index (χ1n) is 7.64. The van der Waals surface area contributed by atoms with Gasteiger partial charge in [-0.05, 0) is 29.5 Å². The third kappa shape index (κ3) is 2.84. The van der Waals surface area contributed by atoms with Crippen LogP contribution in [0.1, 0.15) is 16.8 Å². The molecule has 0 aliphatic heterocycles. The van der Waals surface area contributed by atoms with Crippen LogP contribution in [0.15, 0.2) is 46.5 Å². The Hall–Kier alpha value is -3.45. The third-order valence-electron chi connectivity index (χ3n) is 3.74. The van der Waals surface area contributed by atoms with E-state index in [1.165, 1.54) is 28.5 Å². The van der Waals surface area contributed by atoms with Crippen molar-refractivity contribution in [3.63, 3.8) is 0 Å². The van der Waals surface area contributed by atoms with Gasteiger partial charge in [0.2, 0.25) is 5.16 Å². The van der Waals surface area contributed by atoms with Gasteiger partial charge in [0.05, 0.1) is 11.4 Å². The Labute approximate surface area is 151 Å². The van der Waals surface area contributed by atoms with Crippen molar-refractivity contribution in [3.8, 4) is 11.8 Å². The van der Waals surface area contributed by atoms with Crippen LogP contribution in [0.25, 0.3) is 11.3 Å². The number of benzene rings is 1. The number of nitrogens with zero attached hydrogens (tertiary/aromatic N) is 7. The van der Waals surface area contributed by atoms with Gasteiger partial charge in [0.25, 0.3) is 5.56 Å². The molecule has 128 valence electrons. The Balaban J connectivity index is 1.62. The summed E-state index contributed by atoms with van der Waals surface area (Å²) in [5, 5.41) is 24.2. The highest BCUT2D eigenvalue weighted by atomic mass is 32.2. The lowest BCUT2D eigenvalue weighted by Gasteiger charge is -2.04. The van der Waals surface area contributed by atoms with Gasteiger partial charge in [-0.2, -0.15) is 9.94 Å². The minimum Gasteiger partial charge on any atom is -0.295 e. The average Bonchev–Trinajstić information content (AvgIpc) is 3.27. The maximum Gasteiger partial charge on any atom is 0.272 e. The second kappa shape index (κ2) is 6.45. The highest BCUT2D eigenvalue weighted by molar-refractivity contribution is 7.98. The maximum atomic E-state index is 12.1. The molecule has 0 unspecified atom stereocenters. The molecule has 0 bridgehead atoms. The average molecular weight is 364 g/mol. The van der Waals surface area contributed by atoms with E-state index >= 15 is 0 Å². The van der Waals surface area contributed by atoms with Gasteiger partial charge in [-0.25, -0.2) is 9.50 Å². The fourth-order valence-electron chi connectivity index (χ4n) is 2.44. The van der Waals surface area contributed by atoms with Crippen molar-refractivity contribution < 1.29 is 0 Å². The van der Waals surface area contributed by atoms with Crippen LogP contribution in [0.3, 0.4) is 0 Å². The SMILES string of the molecule is Cc1ccc(-n2nnnc2SCc2cc(=O)n3[nH]cc(C#N)c3n2)cc1. The molecule has 0 atom stereocenters. The van der Waals surface area contributed by atoms with Gasteiger partial charge in [-0.1, -0.05) is 29.5 Å². The standard InChI is InChI=1S/C16H12N8OS/c1-10-2-4-13(5-3-10)23-16(20-21-22-23)26-9-12-6-14(25)24-15(19-12)11(7-17)8-18-24/h2-6,8,18H,9H2,1H3. The van der Waals surface area contributed by atoms with E-state index in [0.717, 1.165) is 11.3 Å². The van der Waals surface area contributed by atoms with Crippen molar-refractivity contribution in [2.24, 2.45) is 0 Å². The zero-order valence-electron chi connectivity index (χ0n) is 13.6. The molecule has 0 radical (unpaired) electrons. The Morgan fingerprint density at radius 1 is 1.31 bits per heavy atom. The number of aromatic amines is 1. The fourth-order valence-corrected chi connectivity index (χ4v) is 3.22. The number of nitriles is 1. The number of hydrogen-bond acceptors (Lipinski definition) is 7.